The minimum atomic E-state index is -3.90. The number of benzene rings is 1. The smallest absolute Gasteiger partial charge is 0.244 e. The van der Waals surface area contributed by atoms with Crippen LogP contribution in [0.4, 0.5) is 0 Å². The van der Waals surface area contributed by atoms with E-state index in [1.54, 1.807) is 43.5 Å². The molecule has 0 radical (unpaired) electrons. The average molecular weight is 379 g/mol. The number of sulfonamides is 1. The van der Waals surface area contributed by atoms with Gasteiger partial charge in [0.25, 0.3) is 0 Å². The molecular formula is C17H21N3O5S. The van der Waals surface area contributed by atoms with Crippen LogP contribution in [0.15, 0.2) is 53.6 Å². The zero-order valence-corrected chi connectivity index (χ0v) is 15.3. The Labute approximate surface area is 152 Å². The number of nitrogens with zero attached hydrogens (tertiary/aromatic N) is 2. The van der Waals surface area contributed by atoms with Crippen LogP contribution < -0.4 is 10.2 Å². The summed E-state index contributed by atoms with van der Waals surface area (Å²) in [6.07, 6.45) is 1.38. The highest BCUT2D eigenvalue weighted by Crippen LogP contribution is 2.27. The molecule has 1 amide bonds. The molecule has 1 aromatic heterocycles. The second-order valence-electron chi connectivity index (χ2n) is 5.51. The minimum absolute atomic E-state index is 0.0745. The summed E-state index contributed by atoms with van der Waals surface area (Å²) in [5.74, 6) is -0.138. The summed E-state index contributed by atoms with van der Waals surface area (Å²) in [5.41, 5.74) is 2.06. The summed E-state index contributed by atoms with van der Waals surface area (Å²) < 4.78 is 32.5. The molecule has 0 aliphatic rings. The van der Waals surface area contributed by atoms with Gasteiger partial charge in [-0.2, -0.15) is 4.31 Å². The van der Waals surface area contributed by atoms with Crippen LogP contribution in [0.1, 0.15) is 25.1 Å². The number of amides is 1. The highest BCUT2D eigenvalue weighted by atomic mass is 32.2. The van der Waals surface area contributed by atoms with Crippen LogP contribution in [0.2, 0.25) is 0 Å². The van der Waals surface area contributed by atoms with Gasteiger partial charge in [-0.05, 0) is 43.3 Å². The van der Waals surface area contributed by atoms with E-state index in [0.717, 1.165) is 0 Å². The molecule has 9 heteroatoms. The molecule has 0 saturated heterocycles. The van der Waals surface area contributed by atoms with Crippen molar-refractivity contribution in [3.8, 4) is 5.75 Å². The number of pyridine rings is 1. The van der Waals surface area contributed by atoms with Gasteiger partial charge >= 0.3 is 0 Å². The first-order chi connectivity index (χ1) is 12.4. The van der Waals surface area contributed by atoms with E-state index in [9.17, 15) is 13.2 Å². The van der Waals surface area contributed by atoms with Crippen molar-refractivity contribution in [1.29, 1.82) is 0 Å². The van der Waals surface area contributed by atoms with E-state index in [1.807, 2.05) is 0 Å². The van der Waals surface area contributed by atoms with Crippen molar-refractivity contribution in [2.75, 3.05) is 13.7 Å². The predicted octanol–water partition coefficient (Wildman–Crippen LogP) is 1.74. The van der Waals surface area contributed by atoms with Crippen LogP contribution in [0.5, 0.6) is 5.75 Å². The van der Waals surface area contributed by atoms with E-state index < -0.39 is 22.0 Å². The third-order valence-electron chi connectivity index (χ3n) is 3.90. The SMILES string of the molecule is COc1ccc(S(=O)(=O)N(CCC(=O)NO)C(C)c2ccccn2)cc1. The van der Waals surface area contributed by atoms with E-state index in [1.165, 1.54) is 29.0 Å². The molecule has 1 atom stereocenters. The Morgan fingerprint density at radius 3 is 2.50 bits per heavy atom. The molecule has 0 aliphatic heterocycles. The van der Waals surface area contributed by atoms with Gasteiger partial charge < -0.3 is 4.74 Å². The first-order valence-electron chi connectivity index (χ1n) is 7.90. The number of hydrogen-bond acceptors (Lipinski definition) is 6. The van der Waals surface area contributed by atoms with Crippen molar-refractivity contribution < 1.29 is 23.2 Å². The Kier molecular flexibility index (Phi) is 6.67. The maximum absolute atomic E-state index is 13.1. The summed E-state index contributed by atoms with van der Waals surface area (Å²) in [5, 5.41) is 8.69. The van der Waals surface area contributed by atoms with Crippen LogP contribution in [0, 0.1) is 0 Å². The molecule has 2 rings (SSSR count). The number of rotatable bonds is 8. The maximum atomic E-state index is 13.1. The topological polar surface area (TPSA) is 109 Å². The van der Waals surface area contributed by atoms with Crippen LogP contribution >= 0.6 is 0 Å². The molecule has 0 fully saturated rings. The number of hydrogen-bond donors (Lipinski definition) is 2. The average Bonchev–Trinajstić information content (AvgIpc) is 2.68. The lowest BCUT2D eigenvalue weighted by atomic mass is 10.2. The number of nitrogens with one attached hydrogen (secondary N) is 1. The summed E-state index contributed by atoms with van der Waals surface area (Å²) in [7, 11) is -2.41. The molecule has 1 aromatic carbocycles. The number of ether oxygens (including phenoxy) is 1. The number of carbonyl (C=O) groups is 1. The summed E-state index contributed by atoms with van der Waals surface area (Å²) in [4.78, 5) is 15.7. The van der Waals surface area contributed by atoms with Crippen LogP contribution in [0.25, 0.3) is 0 Å². The highest BCUT2D eigenvalue weighted by molar-refractivity contribution is 7.89. The van der Waals surface area contributed by atoms with E-state index in [2.05, 4.69) is 4.98 Å². The Balaban J connectivity index is 2.38. The van der Waals surface area contributed by atoms with Crippen molar-refractivity contribution in [2.24, 2.45) is 0 Å². The number of aromatic nitrogens is 1. The molecule has 1 heterocycles. The molecule has 0 bridgehead atoms. The monoisotopic (exact) mass is 379 g/mol. The zero-order valence-electron chi connectivity index (χ0n) is 14.5. The van der Waals surface area contributed by atoms with Crippen molar-refractivity contribution in [2.45, 2.75) is 24.3 Å². The first kappa shape index (κ1) is 19.8. The molecule has 2 aromatic rings. The zero-order chi connectivity index (χ0) is 19.2. The van der Waals surface area contributed by atoms with Crippen LogP contribution in [-0.4, -0.2) is 42.5 Å². The molecule has 0 spiro atoms. The Hall–Kier alpha value is -2.49. The van der Waals surface area contributed by atoms with Gasteiger partial charge in [0.05, 0.1) is 23.7 Å². The quantitative estimate of drug-likeness (QED) is 0.534. The fourth-order valence-electron chi connectivity index (χ4n) is 2.44. The van der Waals surface area contributed by atoms with E-state index >= 15 is 0 Å². The van der Waals surface area contributed by atoms with Gasteiger partial charge in [0.1, 0.15) is 5.75 Å². The summed E-state index contributed by atoms with van der Waals surface area (Å²) in [6, 6.07) is 10.6. The first-order valence-corrected chi connectivity index (χ1v) is 9.34. The lowest BCUT2D eigenvalue weighted by Gasteiger charge is -2.28. The van der Waals surface area contributed by atoms with Gasteiger partial charge in [-0.25, -0.2) is 13.9 Å². The van der Waals surface area contributed by atoms with Crippen LogP contribution in [-0.2, 0) is 14.8 Å². The van der Waals surface area contributed by atoms with Crippen molar-refractivity contribution in [3.05, 3.63) is 54.4 Å². The second-order valence-corrected chi connectivity index (χ2v) is 7.40. The van der Waals surface area contributed by atoms with Crippen LogP contribution in [0.3, 0.4) is 0 Å². The minimum Gasteiger partial charge on any atom is -0.497 e. The molecule has 1 unspecified atom stereocenters. The second kappa shape index (κ2) is 8.75. The third-order valence-corrected chi connectivity index (χ3v) is 5.88. The Morgan fingerprint density at radius 1 is 1.27 bits per heavy atom. The number of methoxy groups -OCH3 is 1. The molecule has 2 N–H and O–H groups in total. The van der Waals surface area contributed by atoms with Gasteiger partial charge in [0, 0.05) is 19.2 Å². The van der Waals surface area contributed by atoms with Gasteiger partial charge in [0.15, 0.2) is 0 Å². The highest BCUT2D eigenvalue weighted by Gasteiger charge is 2.31. The molecule has 0 aliphatic carbocycles. The maximum Gasteiger partial charge on any atom is 0.244 e. The molecule has 8 nitrogen and oxygen atoms in total. The third kappa shape index (κ3) is 4.57. The molecule has 0 saturated carbocycles. The Bertz CT molecular complexity index is 825. The Morgan fingerprint density at radius 2 is 1.96 bits per heavy atom. The fraction of sp³-hybridized carbons (Fsp3) is 0.294. The lowest BCUT2D eigenvalue weighted by molar-refractivity contribution is -0.129. The van der Waals surface area contributed by atoms with E-state index in [4.69, 9.17) is 9.94 Å². The van der Waals surface area contributed by atoms with E-state index in [-0.39, 0.29) is 17.9 Å². The number of hydroxylamine groups is 1. The fourth-order valence-corrected chi connectivity index (χ4v) is 4.05. The molecular weight excluding hydrogens is 358 g/mol. The van der Waals surface area contributed by atoms with Gasteiger partial charge in [-0.1, -0.05) is 6.07 Å². The lowest BCUT2D eigenvalue weighted by Crippen LogP contribution is -2.37. The van der Waals surface area contributed by atoms with Crippen molar-refractivity contribution in [1.82, 2.24) is 14.8 Å². The van der Waals surface area contributed by atoms with Crippen molar-refractivity contribution >= 4 is 15.9 Å². The molecule has 140 valence electrons. The number of carbonyl (C=O) groups excluding carboxylic acids is 1. The van der Waals surface area contributed by atoms with Gasteiger partial charge in [-0.3, -0.25) is 15.0 Å². The van der Waals surface area contributed by atoms with Gasteiger partial charge in [0.2, 0.25) is 15.9 Å². The van der Waals surface area contributed by atoms with Crippen molar-refractivity contribution in [3.63, 3.8) is 0 Å². The predicted molar refractivity (Wildman–Crippen MR) is 94.1 cm³/mol. The van der Waals surface area contributed by atoms with Gasteiger partial charge in [-0.15, -0.1) is 0 Å². The largest absolute Gasteiger partial charge is 0.497 e. The van der Waals surface area contributed by atoms with E-state index in [0.29, 0.717) is 11.4 Å². The normalized spacial score (nSPS) is 12.6. The summed E-state index contributed by atoms with van der Waals surface area (Å²) >= 11 is 0. The standard InChI is InChI=1S/C17H21N3O5S/c1-13(16-5-3-4-11-18-16)20(12-10-17(21)19-22)26(23,24)15-8-6-14(25-2)7-9-15/h3-9,11,13,22H,10,12H2,1-2H3,(H,19,21). The molecule has 26 heavy (non-hydrogen) atoms. The summed E-state index contributed by atoms with van der Waals surface area (Å²) in [6.45, 7) is 1.58.